The van der Waals surface area contributed by atoms with Crippen LogP contribution in [0.25, 0.3) is 0 Å². The maximum absolute atomic E-state index is 15.0. The molecule has 26 heavy (non-hydrogen) atoms. The van der Waals surface area contributed by atoms with Crippen LogP contribution in [0.5, 0.6) is 5.75 Å². The van der Waals surface area contributed by atoms with Gasteiger partial charge in [-0.15, -0.1) is 24.8 Å². The summed E-state index contributed by atoms with van der Waals surface area (Å²) < 4.78 is 41.2. The molecule has 1 aromatic rings. The SMILES string of the molecule is Cl.Cl.NCCCN1CCc2cc(O)c(N3CC(=O)NS3(=O)=O)c(F)c2C1. The summed E-state index contributed by atoms with van der Waals surface area (Å²) in [6.45, 7) is 1.72. The highest BCUT2D eigenvalue weighted by molar-refractivity contribution is 7.92. The number of phenolic OH excluding ortho intramolecular Hbond substituents is 1. The first-order valence-electron chi connectivity index (χ1n) is 7.62. The largest absolute Gasteiger partial charge is 0.506 e. The molecular formula is C14H21Cl2FN4O4S. The molecule has 0 aromatic heterocycles. The Morgan fingerprint density at radius 1 is 1.31 bits per heavy atom. The van der Waals surface area contributed by atoms with Crippen LogP contribution in [0.4, 0.5) is 10.1 Å². The smallest absolute Gasteiger partial charge is 0.326 e. The molecule has 2 aliphatic heterocycles. The molecule has 8 nitrogen and oxygen atoms in total. The standard InChI is InChI=1S/C14H19FN4O4S.2ClH/c15-13-10-7-18(4-1-3-16)5-2-9(10)6-11(20)14(13)19-8-12(21)17-24(19,22)23;;/h6,20H,1-5,7-8,16H2,(H,17,21);2*1H. The number of fused-ring (bicyclic) bond motifs is 1. The minimum atomic E-state index is -4.18. The summed E-state index contributed by atoms with van der Waals surface area (Å²) in [6, 6.07) is 1.38. The molecule has 0 saturated carbocycles. The number of hydrogen-bond donors (Lipinski definition) is 3. The molecule has 148 valence electrons. The van der Waals surface area contributed by atoms with E-state index in [1.807, 2.05) is 4.90 Å². The first-order valence-corrected chi connectivity index (χ1v) is 9.06. The van der Waals surface area contributed by atoms with E-state index >= 15 is 0 Å². The van der Waals surface area contributed by atoms with Crippen LogP contribution in [0.1, 0.15) is 17.5 Å². The van der Waals surface area contributed by atoms with E-state index in [4.69, 9.17) is 5.73 Å². The van der Waals surface area contributed by atoms with E-state index < -0.39 is 39.9 Å². The zero-order valence-corrected chi connectivity index (χ0v) is 16.2. The second-order valence-electron chi connectivity index (χ2n) is 5.90. The predicted molar refractivity (Wildman–Crippen MR) is 99.6 cm³/mol. The summed E-state index contributed by atoms with van der Waals surface area (Å²) in [7, 11) is -4.18. The number of benzene rings is 1. The highest BCUT2D eigenvalue weighted by Gasteiger charge is 2.38. The Kier molecular flexibility index (Phi) is 7.49. The Morgan fingerprint density at radius 3 is 2.58 bits per heavy atom. The Balaban J connectivity index is 0.00000169. The number of carbonyl (C=O) groups is 1. The molecule has 1 aromatic carbocycles. The van der Waals surface area contributed by atoms with Crippen LogP contribution >= 0.6 is 24.8 Å². The molecular weight excluding hydrogens is 410 g/mol. The zero-order valence-electron chi connectivity index (χ0n) is 13.8. The number of nitrogens with zero attached hydrogens (tertiary/aromatic N) is 2. The summed E-state index contributed by atoms with van der Waals surface area (Å²) in [5.74, 6) is -2.06. The second kappa shape index (κ2) is 8.57. The first-order chi connectivity index (χ1) is 11.3. The molecule has 1 amide bonds. The molecule has 0 radical (unpaired) electrons. The van der Waals surface area contributed by atoms with E-state index in [9.17, 15) is 22.7 Å². The number of amides is 1. The first kappa shape index (κ1) is 22.7. The van der Waals surface area contributed by atoms with Gasteiger partial charge in [0.05, 0.1) is 0 Å². The van der Waals surface area contributed by atoms with E-state index in [1.165, 1.54) is 6.07 Å². The van der Waals surface area contributed by atoms with E-state index in [0.29, 0.717) is 48.0 Å². The summed E-state index contributed by atoms with van der Waals surface area (Å²) in [5.41, 5.74) is 6.01. The third-order valence-electron chi connectivity index (χ3n) is 4.24. The van der Waals surface area contributed by atoms with Gasteiger partial charge in [-0.2, -0.15) is 8.42 Å². The monoisotopic (exact) mass is 430 g/mol. The summed E-state index contributed by atoms with van der Waals surface area (Å²) in [6.07, 6.45) is 1.33. The highest BCUT2D eigenvalue weighted by atomic mass is 35.5. The number of rotatable bonds is 4. The fraction of sp³-hybridized carbons (Fsp3) is 0.500. The van der Waals surface area contributed by atoms with Crippen molar-refractivity contribution >= 4 is 46.6 Å². The van der Waals surface area contributed by atoms with Crippen molar-refractivity contribution in [3.8, 4) is 5.75 Å². The van der Waals surface area contributed by atoms with Gasteiger partial charge in [0.25, 0.3) is 5.91 Å². The normalized spacial score (nSPS) is 18.5. The van der Waals surface area contributed by atoms with E-state index in [-0.39, 0.29) is 24.8 Å². The van der Waals surface area contributed by atoms with E-state index in [0.717, 1.165) is 6.42 Å². The minimum Gasteiger partial charge on any atom is -0.506 e. The lowest BCUT2D eigenvalue weighted by atomic mass is 9.97. The maximum atomic E-state index is 15.0. The topological polar surface area (TPSA) is 116 Å². The average Bonchev–Trinajstić information content (AvgIpc) is 2.78. The van der Waals surface area contributed by atoms with Crippen molar-refractivity contribution in [2.45, 2.75) is 19.4 Å². The minimum absolute atomic E-state index is 0. The third kappa shape index (κ3) is 4.15. The van der Waals surface area contributed by atoms with Gasteiger partial charge in [-0.25, -0.2) is 13.4 Å². The highest BCUT2D eigenvalue weighted by Crippen LogP contribution is 2.38. The lowest BCUT2D eigenvalue weighted by Gasteiger charge is -2.30. The molecule has 3 rings (SSSR count). The fourth-order valence-corrected chi connectivity index (χ4v) is 4.24. The Labute approximate surface area is 163 Å². The van der Waals surface area contributed by atoms with Crippen molar-refractivity contribution < 1.29 is 22.7 Å². The lowest BCUT2D eigenvalue weighted by molar-refractivity contribution is -0.117. The van der Waals surface area contributed by atoms with Gasteiger partial charge in [0.15, 0.2) is 5.82 Å². The molecule has 0 unspecified atom stereocenters. The maximum Gasteiger partial charge on any atom is 0.326 e. The fourth-order valence-electron chi connectivity index (χ4n) is 3.08. The van der Waals surface area contributed by atoms with Crippen LogP contribution in [-0.2, 0) is 28.0 Å². The van der Waals surface area contributed by atoms with Crippen LogP contribution < -0.4 is 14.8 Å². The number of anilines is 1. The Hall–Kier alpha value is -1.33. The van der Waals surface area contributed by atoms with Gasteiger partial charge >= 0.3 is 10.2 Å². The molecule has 12 heteroatoms. The van der Waals surface area contributed by atoms with Gasteiger partial charge in [-0.1, -0.05) is 0 Å². The van der Waals surface area contributed by atoms with Crippen molar-refractivity contribution in [2.24, 2.45) is 5.73 Å². The van der Waals surface area contributed by atoms with Gasteiger partial charge < -0.3 is 10.8 Å². The molecule has 2 aliphatic rings. The average molecular weight is 431 g/mol. The quantitative estimate of drug-likeness (QED) is 0.630. The van der Waals surface area contributed by atoms with Crippen molar-refractivity contribution in [3.05, 3.63) is 23.0 Å². The third-order valence-corrected chi connectivity index (χ3v) is 5.62. The molecule has 4 N–H and O–H groups in total. The summed E-state index contributed by atoms with van der Waals surface area (Å²) in [4.78, 5) is 13.4. The molecule has 2 heterocycles. The van der Waals surface area contributed by atoms with Gasteiger partial charge in [0.1, 0.15) is 18.0 Å². The molecule has 1 fully saturated rings. The summed E-state index contributed by atoms with van der Waals surface area (Å²) in [5, 5.41) is 10.1. The number of nitrogens with two attached hydrogens (primary N) is 1. The van der Waals surface area contributed by atoms with Crippen LogP contribution in [-0.4, -0.2) is 50.5 Å². The van der Waals surface area contributed by atoms with Gasteiger partial charge in [0, 0.05) is 18.7 Å². The summed E-state index contributed by atoms with van der Waals surface area (Å²) >= 11 is 0. The van der Waals surface area contributed by atoms with Crippen LogP contribution in [0.2, 0.25) is 0 Å². The molecule has 0 bridgehead atoms. The molecule has 0 spiro atoms. The van der Waals surface area contributed by atoms with Gasteiger partial charge in [-0.05, 0) is 37.6 Å². The van der Waals surface area contributed by atoms with Crippen LogP contribution in [0, 0.1) is 5.82 Å². The molecule has 0 aliphatic carbocycles. The Morgan fingerprint density at radius 2 is 2.00 bits per heavy atom. The zero-order chi connectivity index (χ0) is 17.5. The number of phenols is 1. The lowest BCUT2D eigenvalue weighted by Crippen LogP contribution is -2.34. The molecule has 0 atom stereocenters. The van der Waals surface area contributed by atoms with Gasteiger partial charge in [-0.3, -0.25) is 9.69 Å². The van der Waals surface area contributed by atoms with Crippen LogP contribution in [0.15, 0.2) is 6.07 Å². The number of aromatic hydroxyl groups is 1. The van der Waals surface area contributed by atoms with Crippen molar-refractivity contribution in [3.63, 3.8) is 0 Å². The second-order valence-corrected chi connectivity index (χ2v) is 7.50. The van der Waals surface area contributed by atoms with Crippen molar-refractivity contribution in [1.82, 2.24) is 9.62 Å². The van der Waals surface area contributed by atoms with Gasteiger partial charge in [0.2, 0.25) is 0 Å². The number of halogens is 3. The number of carbonyl (C=O) groups excluding carboxylic acids is 1. The van der Waals surface area contributed by atoms with Crippen molar-refractivity contribution in [1.29, 1.82) is 0 Å². The van der Waals surface area contributed by atoms with Crippen molar-refractivity contribution in [2.75, 3.05) is 30.5 Å². The van der Waals surface area contributed by atoms with E-state index in [2.05, 4.69) is 0 Å². The van der Waals surface area contributed by atoms with E-state index in [1.54, 1.807) is 4.72 Å². The predicted octanol–water partition coefficient (Wildman–Crippen LogP) is 0.263. The molecule has 1 saturated heterocycles. The number of hydrogen-bond acceptors (Lipinski definition) is 6. The number of nitrogens with one attached hydrogen (secondary N) is 1. The Bertz CT molecular complexity index is 794. The van der Waals surface area contributed by atoms with Crippen LogP contribution in [0.3, 0.4) is 0 Å².